The summed E-state index contributed by atoms with van der Waals surface area (Å²) in [5, 5.41) is 10.9. The van der Waals surface area contributed by atoms with E-state index in [1.165, 1.54) is 0 Å². The van der Waals surface area contributed by atoms with Gasteiger partial charge in [0.2, 0.25) is 0 Å². The molecule has 0 radical (unpaired) electrons. The first-order chi connectivity index (χ1) is 8.24. The summed E-state index contributed by atoms with van der Waals surface area (Å²) in [4.78, 5) is 4.43. The lowest BCUT2D eigenvalue weighted by Crippen LogP contribution is -1.78. The largest absolute Gasteiger partial charge is 0.507 e. The first kappa shape index (κ1) is 10.3. The highest BCUT2D eigenvalue weighted by Crippen LogP contribution is 2.32. The molecule has 1 heterocycles. The summed E-state index contributed by atoms with van der Waals surface area (Å²) < 4.78 is 1.16. The molecule has 0 atom stereocenters. The van der Waals surface area contributed by atoms with Crippen molar-refractivity contribution in [3.63, 3.8) is 0 Å². The monoisotopic (exact) mass is 241 g/mol. The van der Waals surface area contributed by atoms with Crippen molar-refractivity contribution in [3.8, 4) is 16.9 Å². The number of aromatic hydroxyl groups is 1. The first-order valence-corrected chi connectivity index (χ1v) is 6.21. The van der Waals surface area contributed by atoms with E-state index in [2.05, 4.69) is 11.1 Å². The van der Waals surface area contributed by atoms with E-state index in [9.17, 15) is 5.11 Å². The van der Waals surface area contributed by atoms with Crippen LogP contribution >= 0.6 is 11.3 Å². The van der Waals surface area contributed by atoms with Crippen molar-refractivity contribution >= 4 is 21.6 Å². The van der Waals surface area contributed by atoms with Crippen molar-refractivity contribution in [1.29, 1.82) is 0 Å². The van der Waals surface area contributed by atoms with Crippen LogP contribution in [0.3, 0.4) is 0 Å². The molecule has 0 fully saturated rings. The molecule has 1 aromatic heterocycles. The molecule has 0 amide bonds. The number of para-hydroxylation sites is 1. The highest BCUT2D eigenvalue weighted by Gasteiger charge is 2.06. The summed E-state index contributed by atoms with van der Waals surface area (Å²) in [6.07, 6.45) is 0. The van der Waals surface area contributed by atoms with E-state index in [-0.39, 0.29) is 0 Å². The van der Waals surface area contributed by atoms with E-state index >= 15 is 0 Å². The predicted molar refractivity (Wildman–Crippen MR) is 71.5 cm³/mol. The maximum absolute atomic E-state index is 9.83. The van der Waals surface area contributed by atoms with Gasteiger partial charge in [0.05, 0.1) is 15.2 Å². The maximum atomic E-state index is 9.83. The van der Waals surface area contributed by atoms with Crippen LogP contribution in [0.2, 0.25) is 0 Å². The van der Waals surface area contributed by atoms with Crippen molar-refractivity contribution in [3.05, 3.63) is 47.5 Å². The molecule has 0 bridgehead atoms. The average molecular weight is 241 g/mol. The molecule has 0 spiro atoms. The highest BCUT2D eigenvalue weighted by atomic mass is 32.1. The smallest absolute Gasteiger partial charge is 0.123 e. The Hall–Kier alpha value is -1.87. The number of rotatable bonds is 1. The van der Waals surface area contributed by atoms with Crippen LogP contribution in [-0.2, 0) is 0 Å². The number of thiazole rings is 1. The molecular weight excluding hydrogens is 230 g/mol. The van der Waals surface area contributed by atoms with Crippen molar-refractivity contribution in [2.45, 2.75) is 6.92 Å². The van der Waals surface area contributed by atoms with Gasteiger partial charge in [-0.05, 0) is 30.7 Å². The van der Waals surface area contributed by atoms with Crippen molar-refractivity contribution < 1.29 is 5.11 Å². The molecule has 3 heteroatoms. The zero-order chi connectivity index (χ0) is 11.8. The number of phenols is 1. The fourth-order valence-electron chi connectivity index (χ4n) is 1.93. The van der Waals surface area contributed by atoms with Gasteiger partial charge in [0.15, 0.2) is 0 Å². The second-order valence-electron chi connectivity index (χ2n) is 3.93. The summed E-state index contributed by atoms with van der Waals surface area (Å²) in [7, 11) is 0. The summed E-state index contributed by atoms with van der Waals surface area (Å²) in [6, 6.07) is 13.5. The molecule has 0 aliphatic heterocycles. The van der Waals surface area contributed by atoms with E-state index in [1.54, 1.807) is 17.4 Å². The Morgan fingerprint density at radius 3 is 2.76 bits per heavy atom. The number of phenolic OH excluding ortho intramolecular Hbond substituents is 1. The predicted octanol–water partition coefficient (Wildman–Crippen LogP) is 3.98. The van der Waals surface area contributed by atoms with E-state index in [4.69, 9.17) is 0 Å². The van der Waals surface area contributed by atoms with Crippen molar-refractivity contribution in [2.24, 2.45) is 0 Å². The van der Waals surface area contributed by atoms with Crippen LogP contribution in [0.5, 0.6) is 5.75 Å². The Balaban J connectivity index is 2.21. The second-order valence-corrected chi connectivity index (χ2v) is 5.17. The van der Waals surface area contributed by atoms with Gasteiger partial charge in [-0.2, -0.15) is 0 Å². The molecule has 0 saturated carbocycles. The van der Waals surface area contributed by atoms with E-state index in [1.807, 2.05) is 37.3 Å². The molecule has 3 aromatic rings. The second kappa shape index (κ2) is 3.86. The highest BCUT2D eigenvalue weighted by molar-refractivity contribution is 7.18. The molecule has 1 N–H and O–H groups in total. The van der Waals surface area contributed by atoms with E-state index in [0.29, 0.717) is 5.75 Å². The lowest BCUT2D eigenvalue weighted by Gasteiger charge is -2.03. The average Bonchev–Trinajstić information content (AvgIpc) is 2.68. The van der Waals surface area contributed by atoms with Crippen LogP contribution in [0.4, 0.5) is 0 Å². The van der Waals surface area contributed by atoms with Gasteiger partial charge in [-0.1, -0.05) is 24.3 Å². The van der Waals surface area contributed by atoms with Crippen LogP contribution in [0.1, 0.15) is 5.01 Å². The van der Waals surface area contributed by atoms with Gasteiger partial charge < -0.3 is 5.11 Å². The Bertz CT molecular complexity index is 688. The number of hydrogen-bond acceptors (Lipinski definition) is 3. The number of hydrogen-bond donors (Lipinski definition) is 1. The molecule has 17 heavy (non-hydrogen) atoms. The van der Waals surface area contributed by atoms with Crippen LogP contribution in [-0.4, -0.2) is 10.1 Å². The molecular formula is C14H11NOS. The molecule has 2 aromatic carbocycles. The van der Waals surface area contributed by atoms with Gasteiger partial charge in [0, 0.05) is 5.56 Å². The molecule has 0 unspecified atom stereocenters. The Morgan fingerprint density at radius 2 is 1.94 bits per heavy atom. The number of aromatic nitrogens is 1. The van der Waals surface area contributed by atoms with Gasteiger partial charge in [-0.15, -0.1) is 11.3 Å². The Labute approximate surface area is 103 Å². The Morgan fingerprint density at radius 1 is 1.12 bits per heavy atom. The zero-order valence-electron chi connectivity index (χ0n) is 9.34. The van der Waals surface area contributed by atoms with Gasteiger partial charge in [0.25, 0.3) is 0 Å². The molecule has 0 aliphatic rings. The standard InChI is InChI=1S/C14H11NOS/c1-9-15-12-7-6-10(8-14(12)17-9)11-4-2-3-5-13(11)16/h2-8,16H,1H3. The Kier molecular flexibility index (Phi) is 2.34. The molecule has 2 nitrogen and oxygen atoms in total. The van der Waals surface area contributed by atoms with E-state index in [0.717, 1.165) is 26.4 Å². The van der Waals surface area contributed by atoms with Gasteiger partial charge in [-0.3, -0.25) is 0 Å². The summed E-state index contributed by atoms with van der Waals surface area (Å²) in [5.41, 5.74) is 2.91. The minimum atomic E-state index is 0.313. The van der Waals surface area contributed by atoms with Gasteiger partial charge in [0.1, 0.15) is 5.75 Å². The maximum Gasteiger partial charge on any atom is 0.123 e. The normalized spacial score (nSPS) is 10.9. The minimum absolute atomic E-state index is 0.313. The number of nitrogens with zero attached hydrogens (tertiary/aromatic N) is 1. The zero-order valence-corrected chi connectivity index (χ0v) is 10.2. The van der Waals surface area contributed by atoms with Crippen molar-refractivity contribution in [2.75, 3.05) is 0 Å². The third-order valence-electron chi connectivity index (χ3n) is 2.71. The molecule has 0 saturated heterocycles. The van der Waals surface area contributed by atoms with Gasteiger partial charge in [-0.25, -0.2) is 4.98 Å². The fraction of sp³-hybridized carbons (Fsp3) is 0.0714. The lowest BCUT2D eigenvalue weighted by atomic mass is 10.0. The first-order valence-electron chi connectivity index (χ1n) is 5.39. The van der Waals surface area contributed by atoms with Crippen LogP contribution in [0.15, 0.2) is 42.5 Å². The molecule has 0 aliphatic carbocycles. The molecule has 84 valence electrons. The van der Waals surface area contributed by atoms with Crippen LogP contribution in [0.25, 0.3) is 21.3 Å². The minimum Gasteiger partial charge on any atom is -0.507 e. The number of aryl methyl sites for hydroxylation is 1. The number of fused-ring (bicyclic) bond motifs is 1. The SMILES string of the molecule is Cc1nc2ccc(-c3ccccc3O)cc2s1. The fourth-order valence-corrected chi connectivity index (χ4v) is 2.79. The quantitative estimate of drug-likeness (QED) is 0.699. The number of benzene rings is 2. The summed E-state index contributed by atoms with van der Waals surface area (Å²) in [6.45, 7) is 2.00. The summed E-state index contributed by atoms with van der Waals surface area (Å²) in [5.74, 6) is 0.313. The van der Waals surface area contributed by atoms with Crippen molar-refractivity contribution in [1.82, 2.24) is 4.98 Å². The van der Waals surface area contributed by atoms with Gasteiger partial charge >= 0.3 is 0 Å². The molecule has 3 rings (SSSR count). The summed E-state index contributed by atoms with van der Waals surface area (Å²) >= 11 is 1.67. The van der Waals surface area contributed by atoms with Crippen LogP contribution < -0.4 is 0 Å². The topological polar surface area (TPSA) is 33.1 Å². The van der Waals surface area contributed by atoms with Crippen LogP contribution in [0, 0.1) is 6.92 Å². The third-order valence-corrected chi connectivity index (χ3v) is 3.64. The lowest BCUT2D eigenvalue weighted by molar-refractivity contribution is 0.477. The van der Waals surface area contributed by atoms with E-state index < -0.39 is 0 Å². The third kappa shape index (κ3) is 1.78.